The fraction of sp³-hybridized carbons (Fsp3) is 0.640. The standard InChI is InChI=1S/C25H36N4O5/c1-4-28(5-2)17-10-8-16(9-11-17)27-23(32)21-25-13-12-18(34-25)19(22(31)26-3)20(25)24(33)29(21)14-6-7-15-30/h8-11,18-21,30H,4-7,12-15H2,1-3H3,(H,26,31)(H,27,32)/t18-,19+,20-,21?,25?/m0/s1. The molecule has 3 fully saturated rings. The van der Waals surface area contributed by atoms with E-state index in [-0.39, 0.29) is 30.4 Å². The minimum atomic E-state index is -0.997. The van der Waals surface area contributed by atoms with Crippen LogP contribution in [0.1, 0.15) is 39.5 Å². The molecule has 186 valence electrons. The molecule has 0 aliphatic carbocycles. The Balaban J connectivity index is 1.60. The maximum atomic E-state index is 13.7. The Hall–Kier alpha value is -2.65. The fourth-order valence-corrected chi connectivity index (χ4v) is 6.11. The lowest BCUT2D eigenvalue weighted by molar-refractivity contribution is -0.140. The van der Waals surface area contributed by atoms with Crippen molar-refractivity contribution in [3.8, 4) is 0 Å². The smallest absolute Gasteiger partial charge is 0.250 e. The van der Waals surface area contributed by atoms with Gasteiger partial charge in [-0.3, -0.25) is 14.4 Å². The summed E-state index contributed by atoms with van der Waals surface area (Å²) < 4.78 is 6.34. The van der Waals surface area contributed by atoms with Gasteiger partial charge in [0.15, 0.2) is 0 Å². The van der Waals surface area contributed by atoms with Gasteiger partial charge in [-0.05, 0) is 63.8 Å². The Bertz CT molecular complexity index is 918. The first-order valence-corrected chi connectivity index (χ1v) is 12.4. The molecule has 3 amide bonds. The van der Waals surface area contributed by atoms with Crippen LogP contribution in [0.3, 0.4) is 0 Å². The van der Waals surface area contributed by atoms with E-state index in [4.69, 9.17) is 4.74 Å². The third kappa shape index (κ3) is 3.94. The molecule has 3 heterocycles. The molecule has 1 spiro atoms. The second-order valence-electron chi connectivity index (χ2n) is 9.34. The van der Waals surface area contributed by atoms with Crippen LogP contribution in [-0.2, 0) is 19.1 Å². The predicted molar refractivity (Wildman–Crippen MR) is 128 cm³/mol. The number of nitrogens with zero attached hydrogens (tertiary/aromatic N) is 2. The number of benzene rings is 1. The number of anilines is 2. The summed E-state index contributed by atoms with van der Waals surface area (Å²) in [4.78, 5) is 43.7. The Kier molecular flexibility index (Phi) is 7.14. The van der Waals surface area contributed by atoms with Crippen molar-refractivity contribution in [2.45, 2.75) is 57.3 Å². The summed E-state index contributed by atoms with van der Waals surface area (Å²) in [5.41, 5.74) is 0.733. The van der Waals surface area contributed by atoms with Crippen molar-refractivity contribution in [3.63, 3.8) is 0 Å². The highest BCUT2D eigenvalue weighted by atomic mass is 16.5. The zero-order valence-corrected chi connectivity index (χ0v) is 20.3. The highest BCUT2D eigenvalue weighted by molar-refractivity contribution is 6.03. The average Bonchev–Trinajstić information content (AvgIpc) is 3.48. The predicted octanol–water partition coefficient (Wildman–Crippen LogP) is 1.36. The lowest BCUT2D eigenvalue weighted by Crippen LogP contribution is -2.53. The molecule has 5 atom stereocenters. The molecule has 0 saturated carbocycles. The van der Waals surface area contributed by atoms with Crippen LogP contribution in [0.2, 0.25) is 0 Å². The van der Waals surface area contributed by atoms with Crippen LogP contribution in [-0.4, -0.2) is 78.8 Å². The van der Waals surface area contributed by atoms with Crippen LogP contribution in [0.5, 0.6) is 0 Å². The number of rotatable bonds is 10. The summed E-state index contributed by atoms with van der Waals surface area (Å²) in [6.07, 6.45) is 1.97. The lowest BCUT2D eigenvalue weighted by atomic mass is 9.70. The first-order valence-electron chi connectivity index (χ1n) is 12.4. The van der Waals surface area contributed by atoms with E-state index < -0.39 is 23.5 Å². The third-order valence-corrected chi connectivity index (χ3v) is 7.67. The van der Waals surface area contributed by atoms with Gasteiger partial charge < -0.3 is 30.3 Å². The maximum Gasteiger partial charge on any atom is 0.250 e. The van der Waals surface area contributed by atoms with Crippen molar-refractivity contribution in [2.75, 3.05) is 43.5 Å². The summed E-state index contributed by atoms with van der Waals surface area (Å²) in [5.74, 6) is -1.97. The van der Waals surface area contributed by atoms with Crippen molar-refractivity contribution in [2.24, 2.45) is 11.8 Å². The Morgan fingerprint density at radius 3 is 2.50 bits per heavy atom. The van der Waals surface area contributed by atoms with Crippen LogP contribution in [0.25, 0.3) is 0 Å². The number of aliphatic hydroxyl groups is 1. The number of hydrogen-bond acceptors (Lipinski definition) is 6. The topological polar surface area (TPSA) is 111 Å². The van der Waals surface area contributed by atoms with Crippen LogP contribution >= 0.6 is 0 Å². The molecule has 9 heteroatoms. The molecule has 0 aromatic heterocycles. The molecular weight excluding hydrogens is 436 g/mol. The molecule has 4 rings (SSSR count). The Labute approximate surface area is 200 Å². The second-order valence-corrected chi connectivity index (χ2v) is 9.34. The van der Waals surface area contributed by atoms with E-state index in [1.165, 1.54) is 0 Å². The number of nitrogens with one attached hydrogen (secondary N) is 2. The lowest BCUT2D eigenvalue weighted by Gasteiger charge is -2.33. The minimum Gasteiger partial charge on any atom is -0.396 e. The number of unbranched alkanes of at least 4 members (excludes halogenated alkanes) is 1. The zero-order chi connectivity index (χ0) is 24.5. The van der Waals surface area contributed by atoms with Crippen molar-refractivity contribution in [1.29, 1.82) is 0 Å². The van der Waals surface area contributed by atoms with Gasteiger partial charge in [0.1, 0.15) is 11.6 Å². The molecule has 1 aromatic carbocycles. The largest absolute Gasteiger partial charge is 0.396 e. The molecule has 3 aliphatic heterocycles. The summed E-state index contributed by atoms with van der Waals surface area (Å²) in [5, 5.41) is 14.9. The quantitative estimate of drug-likeness (QED) is 0.444. The molecule has 9 nitrogen and oxygen atoms in total. The van der Waals surface area contributed by atoms with Gasteiger partial charge >= 0.3 is 0 Å². The molecule has 3 N–H and O–H groups in total. The third-order valence-electron chi connectivity index (χ3n) is 7.67. The number of ether oxygens (including phenoxy) is 1. The van der Waals surface area contributed by atoms with Gasteiger partial charge in [0.2, 0.25) is 17.7 Å². The first kappa shape index (κ1) is 24.5. The van der Waals surface area contributed by atoms with Crippen LogP contribution < -0.4 is 15.5 Å². The monoisotopic (exact) mass is 472 g/mol. The van der Waals surface area contributed by atoms with Gasteiger partial charge in [0.25, 0.3) is 0 Å². The van der Waals surface area contributed by atoms with E-state index in [0.717, 1.165) is 18.8 Å². The summed E-state index contributed by atoms with van der Waals surface area (Å²) in [6, 6.07) is 6.87. The van der Waals surface area contributed by atoms with Crippen molar-refractivity contribution < 1.29 is 24.2 Å². The summed E-state index contributed by atoms with van der Waals surface area (Å²) >= 11 is 0. The number of aliphatic hydroxyl groups excluding tert-OH is 1. The summed E-state index contributed by atoms with van der Waals surface area (Å²) in [6.45, 7) is 6.34. The van der Waals surface area contributed by atoms with Crippen LogP contribution in [0.15, 0.2) is 24.3 Å². The fourth-order valence-electron chi connectivity index (χ4n) is 6.11. The van der Waals surface area contributed by atoms with Crippen molar-refractivity contribution >= 4 is 29.1 Å². The van der Waals surface area contributed by atoms with E-state index in [0.29, 0.717) is 37.9 Å². The van der Waals surface area contributed by atoms with Gasteiger partial charge in [-0.2, -0.15) is 0 Å². The minimum absolute atomic E-state index is 0.0196. The molecule has 2 bridgehead atoms. The molecule has 0 radical (unpaired) electrons. The van der Waals surface area contributed by atoms with Gasteiger partial charge in [-0.25, -0.2) is 0 Å². The van der Waals surface area contributed by atoms with Gasteiger partial charge in [-0.1, -0.05) is 0 Å². The first-order chi connectivity index (χ1) is 16.4. The van der Waals surface area contributed by atoms with Gasteiger partial charge in [-0.15, -0.1) is 0 Å². The highest BCUT2D eigenvalue weighted by Gasteiger charge is 2.74. The van der Waals surface area contributed by atoms with E-state index in [2.05, 4.69) is 29.4 Å². The van der Waals surface area contributed by atoms with Crippen molar-refractivity contribution in [1.82, 2.24) is 10.2 Å². The van der Waals surface area contributed by atoms with E-state index in [1.807, 2.05) is 24.3 Å². The van der Waals surface area contributed by atoms with Crippen LogP contribution in [0, 0.1) is 11.8 Å². The number of carbonyl (C=O) groups is 3. The number of likely N-dealkylation sites (tertiary alicyclic amines) is 1. The second kappa shape index (κ2) is 9.92. The van der Waals surface area contributed by atoms with Crippen molar-refractivity contribution in [3.05, 3.63) is 24.3 Å². The molecular formula is C25H36N4O5. The zero-order valence-electron chi connectivity index (χ0n) is 20.3. The number of carbonyl (C=O) groups excluding carboxylic acids is 3. The SMILES string of the molecule is CCN(CC)c1ccc(NC(=O)C2N(CCCCO)C(=O)[C@@H]3[C@H](C(=O)NC)[C@@H]4CCC23O4)cc1. The summed E-state index contributed by atoms with van der Waals surface area (Å²) in [7, 11) is 1.56. The molecule has 34 heavy (non-hydrogen) atoms. The van der Waals surface area contributed by atoms with E-state index in [9.17, 15) is 19.5 Å². The average molecular weight is 473 g/mol. The van der Waals surface area contributed by atoms with Crippen LogP contribution in [0.4, 0.5) is 11.4 Å². The Morgan fingerprint density at radius 2 is 1.88 bits per heavy atom. The van der Waals surface area contributed by atoms with E-state index in [1.54, 1.807) is 11.9 Å². The van der Waals surface area contributed by atoms with E-state index >= 15 is 0 Å². The molecule has 1 aromatic rings. The number of hydrogen-bond donors (Lipinski definition) is 3. The Morgan fingerprint density at radius 1 is 1.18 bits per heavy atom. The number of fused-ring (bicyclic) bond motifs is 1. The number of amides is 3. The molecule has 3 aliphatic rings. The highest BCUT2D eigenvalue weighted by Crippen LogP contribution is 2.58. The molecule has 2 unspecified atom stereocenters. The normalized spacial score (nSPS) is 29.3. The molecule has 3 saturated heterocycles. The van der Waals surface area contributed by atoms with Gasteiger partial charge in [0, 0.05) is 44.7 Å². The maximum absolute atomic E-state index is 13.7. The van der Waals surface area contributed by atoms with Gasteiger partial charge in [0.05, 0.1) is 17.9 Å².